The van der Waals surface area contributed by atoms with Crippen LogP contribution in [0.2, 0.25) is 0 Å². The lowest BCUT2D eigenvalue weighted by molar-refractivity contribution is -0.142. The predicted octanol–water partition coefficient (Wildman–Crippen LogP) is 2.58. The summed E-state index contributed by atoms with van der Waals surface area (Å²) < 4.78 is 5.18. The molecule has 0 saturated carbocycles. The van der Waals surface area contributed by atoms with Crippen LogP contribution in [-0.4, -0.2) is 23.3 Å². The van der Waals surface area contributed by atoms with Gasteiger partial charge in [0.15, 0.2) is 0 Å². The maximum absolute atomic E-state index is 11.3. The number of esters is 1. The fourth-order valence-corrected chi connectivity index (χ4v) is 1.90. The summed E-state index contributed by atoms with van der Waals surface area (Å²) in [5.41, 5.74) is 0. The molecule has 0 aromatic rings. The van der Waals surface area contributed by atoms with E-state index < -0.39 is 6.10 Å². The third-order valence-electron chi connectivity index (χ3n) is 2.88. The van der Waals surface area contributed by atoms with E-state index in [1.807, 2.05) is 6.92 Å². The van der Waals surface area contributed by atoms with Gasteiger partial charge in [0.25, 0.3) is 0 Å². The van der Waals surface area contributed by atoms with E-state index in [4.69, 9.17) is 4.74 Å². The van der Waals surface area contributed by atoms with Crippen molar-refractivity contribution in [3.8, 4) is 0 Å². The zero-order valence-electron chi connectivity index (χ0n) is 10.0. The minimum atomic E-state index is -0.511. The Kier molecular flexibility index (Phi) is 6.16. The Morgan fingerprint density at radius 2 is 1.81 bits per heavy atom. The molecule has 0 saturated heterocycles. The fraction of sp³-hybridized carbons (Fsp3) is 0.769. The lowest BCUT2D eigenvalue weighted by atomic mass is 10.1. The SMILES string of the molecule is CC1CCCCCCC[C@H](O)/C=C/C(=O)O1. The van der Waals surface area contributed by atoms with Crippen LogP contribution in [0.1, 0.15) is 51.9 Å². The Bertz CT molecular complexity index is 235. The third kappa shape index (κ3) is 5.91. The van der Waals surface area contributed by atoms with Crippen molar-refractivity contribution >= 4 is 5.97 Å². The molecule has 0 aromatic heterocycles. The lowest BCUT2D eigenvalue weighted by Crippen LogP contribution is -2.13. The van der Waals surface area contributed by atoms with Crippen LogP contribution in [0, 0.1) is 0 Å². The van der Waals surface area contributed by atoms with Gasteiger partial charge in [-0.2, -0.15) is 0 Å². The minimum absolute atomic E-state index is 0.0185. The van der Waals surface area contributed by atoms with Gasteiger partial charge in [-0.05, 0) is 32.3 Å². The highest BCUT2D eigenvalue weighted by molar-refractivity contribution is 5.82. The van der Waals surface area contributed by atoms with Crippen molar-refractivity contribution in [2.45, 2.75) is 64.1 Å². The first kappa shape index (κ1) is 13.2. The van der Waals surface area contributed by atoms with Gasteiger partial charge < -0.3 is 9.84 Å². The number of aliphatic hydroxyl groups excluding tert-OH is 1. The number of ether oxygens (including phenoxy) is 1. The van der Waals surface area contributed by atoms with Crippen LogP contribution in [0.25, 0.3) is 0 Å². The van der Waals surface area contributed by atoms with Crippen LogP contribution >= 0.6 is 0 Å². The Hall–Kier alpha value is -0.830. The molecule has 1 heterocycles. The topological polar surface area (TPSA) is 46.5 Å². The van der Waals surface area contributed by atoms with Gasteiger partial charge >= 0.3 is 5.97 Å². The summed E-state index contributed by atoms with van der Waals surface area (Å²) >= 11 is 0. The van der Waals surface area contributed by atoms with Crippen LogP contribution < -0.4 is 0 Å². The normalized spacial score (nSPS) is 31.8. The second-order valence-electron chi connectivity index (χ2n) is 4.52. The van der Waals surface area contributed by atoms with Gasteiger partial charge in [0.05, 0.1) is 12.2 Å². The van der Waals surface area contributed by atoms with Crippen LogP contribution in [0.3, 0.4) is 0 Å². The molecule has 3 nitrogen and oxygen atoms in total. The van der Waals surface area contributed by atoms with Gasteiger partial charge in [0.2, 0.25) is 0 Å². The maximum Gasteiger partial charge on any atom is 0.330 e. The molecule has 0 aromatic carbocycles. The van der Waals surface area contributed by atoms with Gasteiger partial charge in [-0.3, -0.25) is 0 Å². The summed E-state index contributed by atoms with van der Waals surface area (Å²) in [5, 5.41) is 9.55. The molecule has 92 valence electrons. The van der Waals surface area contributed by atoms with Crippen LogP contribution in [-0.2, 0) is 9.53 Å². The number of cyclic esters (lactones) is 1. The summed E-state index contributed by atoms with van der Waals surface area (Å²) in [6, 6.07) is 0. The van der Waals surface area contributed by atoms with Crippen LogP contribution in [0.5, 0.6) is 0 Å². The number of carbonyl (C=O) groups is 1. The van der Waals surface area contributed by atoms with E-state index in [-0.39, 0.29) is 12.1 Å². The molecular weight excluding hydrogens is 204 g/mol. The van der Waals surface area contributed by atoms with Crippen molar-refractivity contribution in [3.63, 3.8) is 0 Å². The van der Waals surface area contributed by atoms with E-state index in [0.717, 1.165) is 32.1 Å². The number of rotatable bonds is 0. The van der Waals surface area contributed by atoms with Crippen molar-refractivity contribution < 1.29 is 14.6 Å². The highest BCUT2D eigenvalue weighted by Gasteiger charge is 2.08. The molecule has 3 heteroatoms. The first-order valence-corrected chi connectivity index (χ1v) is 6.25. The van der Waals surface area contributed by atoms with Crippen LogP contribution in [0.4, 0.5) is 0 Å². The number of hydrogen-bond donors (Lipinski definition) is 1. The van der Waals surface area contributed by atoms with Gasteiger partial charge in [-0.15, -0.1) is 0 Å². The predicted molar refractivity (Wildman–Crippen MR) is 63.0 cm³/mol. The Morgan fingerprint density at radius 1 is 1.19 bits per heavy atom. The molecule has 1 aliphatic rings. The molecule has 1 aliphatic heterocycles. The zero-order valence-corrected chi connectivity index (χ0v) is 10.0. The molecule has 0 spiro atoms. The van der Waals surface area contributed by atoms with Crippen molar-refractivity contribution in [2.75, 3.05) is 0 Å². The molecule has 2 atom stereocenters. The number of carbonyl (C=O) groups excluding carboxylic acids is 1. The highest BCUT2D eigenvalue weighted by atomic mass is 16.5. The van der Waals surface area contributed by atoms with E-state index in [0.29, 0.717) is 0 Å². The molecule has 1 rings (SSSR count). The minimum Gasteiger partial charge on any atom is -0.460 e. The fourth-order valence-electron chi connectivity index (χ4n) is 1.90. The Balaban J connectivity index is 2.46. The Morgan fingerprint density at radius 3 is 2.56 bits per heavy atom. The molecule has 1 N–H and O–H groups in total. The summed E-state index contributed by atoms with van der Waals surface area (Å²) in [4.78, 5) is 11.3. The zero-order chi connectivity index (χ0) is 11.8. The number of hydrogen-bond acceptors (Lipinski definition) is 3. The molecular formula is C13H22O3. The maximum atomic E-state index is 11.3. The number of aliphatic hydroxyl groups is 1. The largest absolute Gasteiger partial charge is 0.460 e. The van der Waals surface area contributed by atoms with E-state index in [1.165, 1.54) is 25.0 Å². The van der Waals surface area contributed by atoms with E-state index in [2.05, 4.69) is 0 Å². The third-order valence-corrected chi connectivity index (χ3v) is 2.88. The van der Waals surface area contributed by atoms with Gasteiger partial charge in [-0.25, -0.2) is 4.79 Å². The van der Waals surface area contributed by atoms with Crippen molar-refractivity contribution in [1.82, 2.24) is 0 Å². The van der Waals surface area contributed by atoms with Crippen molar-refractivity contribution in [1.29, 1.82) is 0 Å². The average Bonchev–Trinajstić information content (AvgIpc) is 2.25. The molecule has 1 unspecified atom stereocenters. The Labute approximate surface area is 97.5 Å². The quantitative estimate of drug-likeness (QED) is 0.646. The summed E-state index contributed by atoms with van der Waals surface area (Å²) in [7, 11) is 0. The van der Waals surface area contributed by atoms with E-state index in [1.54, 1.807) is 0 Å². The average molecular weight is 226 g/mol. The first-order chi connectivity index (χ1) is 7.68. The molecule has 0 radical (unpaired) electrons. The summed E-state index contributed by atoms with van der Waals surface area (Å²) in [5.74, 6) is -0.342. The second kappa shape index (κ2) is 7.44. The van der Waals surface area contributed by atoms with Gasteiger partial charge in [0, 0.05) is 6.08 Å². The molecule has 0 amide bonds. The molecule has 0 bridgehead atoms. The molecule has 0 fully saturated rings. The first-order valence-electron chi connectivity index (χ1n) is 6.25. The molecule has 0 aliphatic carbocycles. The smallest absolute Gasteiger partial charge is 0.330 e. The second-order valence-corrected chi connectivity index (χ2v) is 4.52. The standard InChI is InChI=1S/C13H22O3/c1-11-7-5-3-2-4-6-8-12(14)9-10-13(15)16-11/h9-12,14H,2-8H2,1H3/b10-9+/t11?,12-/m0/s1. The highest BCUT2D eigenvalue weighted by Crippen LogP contribution is 2.12. The van der Waals surface area contributed by atoms with Crippen molar-refractivity contribution in [2.24, 2.45) is 0 Å². The lowest BCUT2D eigenvalue weighted by Gasteiger charge is -2.11. The van der Waals surface area contributed by atoms with E-state index in [9.17, 15) is 9.90 Å². The summed E-state index contributed by atoms with van der Waals surface area (Å²) in [6.45, 7) is 1.92. The van der Waals surface area contributed by atoms with Gasteiger partial charge in [-0.1, -0.05) is 25.7 Å². The van der Waals surface area contributed by atoms with Crippen molar-refractivity contribution in [3.05, 3.63) is 12.2 Å². The summed E-state index contributed by atoms with van der Waals surface area (Å²) in [6.07, 6.45) is 9.71. The van der Waals surface area contributed by atoms with E-state index >= 15 is 0 Å². The monoisotopic (exact) mass is 226 g/mol. The van der Waals surface area contributed by atoms with Crippen LogP contribution in [0.15, 0.2) is 12.2 Å². The molecule has 16 heavy (non-hydrogen) atoms. The van der Waals surface area contributed by atoms with Gasteiger partial charge in [0.1, 0.15) is 0 Å².